The molecule has 0 heterocycles. The number of hydrogen-bond acceptors (Lipinski definition) is 3. The smallest absolute Gasteiger partial charge is 0.217 e. The van der Waals surface area contributed by atoms with Crippen LogP contribution in [0.25, 0.3) is 0 Å². The van der Waals surface area contributed by atoms with Gasteiger partial charge in [0.1, 0.15) is 5.82 Å². The van der Waals surface area contributed by atoms with E-state index in [1.54, 1.807) is 0 Å². The van der Waals surface area contributed by atoms with Gasteiger partial charge in [0.05, 0.1) is 18.3 Å². The first-order valence-corrected chi connectivity index (χ1v) is 4.47. The lowest BCUT2D eigenvalue weighted by Gasteiger charge is -2.15. The molecule has 1 rings (SSSR count). The van der Waals surface area contributed by atoms with Crippen molar-refractivity contribution in [3.05, 3.63) is 29.6 Å². The lowest BCUT2D eigenvalue weighted by molar-refractivity contribution is -0.120. The van der Waals surface area contributed by atoms with Crippen molar-refractivity contribution < 1.29 is 14.3 Å². The maximum absolute atomic E-state index is 12.9. The molecule has 0 radical (unpaired) electrons. The van der Waals surface area contributed by atoms with Crippen molar-refractivity contribution in [2.24, 2.45) is 0 Å². The highest BCUT2D eigenvalue weighted by Gasteiger charge is 2.12. The van der Waals surface area contributed by atoms with Gasteiger partial charge in [0.15, 0.2) is 0 Å². The molecule has 15 heavy (non-hydrogen) atoms. The van der Waals surface area contributed by atoms with Gasteiger partial charge in [0.25, 0.3) is 0 Å². The number of nitrogens with one attached hydrogen (secondary N) is 1. The van der Waals surface area contributed by atoms with Gasteiger partial charge in [-0.2, -0.15) is 0 Å². The summed E-state index contributed by atoms with van der Waals surface area (Å²) in [6.45, 7) is 1.08. The number of aliphatic hydroxyl groups is 1. The topological polar surface area (TPSA) is 75.3 Å². The number of hydrogen-bond donors (Lipinski definition) is 3. The Hall–Kier alpha value is -1.62. The van der Waals surface area contributed by atoms with Gasteiger partial charge in [-0.05, 0) is 17.7 Å². The van der Waals surface area contributed by atoms with E-state index >= 15 is 0 Å². The molecule has 0 saturated heterocycles. The first-order chi connectivity index (χ1) is 7.04. The van der Waals surface area contributed by atoms with Crippen molar-refractivity contribution >= 4 is 11.6 Å². The second-order valence-corrected chi connectivity index (χ2v) is 3.22. The molecular weight excluding hydrogens is 199 g/mol. The second-order valence-electron chi connectivity index (χ2n) is 3.22. The molecule has 0 spiro atoms. The van der Waals surface area contributed by atoms with Crippen LogP contribution in [0.3, 0.4) is 0 Å². The monoisotopic (exact) mass is 212 g/mol. The Labute approximate surface area is 86.9 Å². The number of halogens is 1. The molecule has 4 N–H and O–H groups in total. The van der Waals surface area contributed by atoms with Crippen LogP contribution in [-0.4, -0.2) is 17.6 Å². The Balaban J connectivity index is 2.92. The number of amides is 1. The second kappa shape index (κ2) is 4.75. The summed E-state index contributed by atoms with van der Waals surface area (Å²) >= 11 is 0. The minimum Gasteiger partial charge on any atom is -0.396 e. The quantitative estimate of drug-likeness (QED) is 0.641. The molecule has 0 aromatic heterocycles. The van der Waals surface area contributed by atoms with E-state index in [1.807, 2.05) is 0 Å². The fourth-order valence-corrected chi connectivity index (χ4v) is 1.26. The van der Waals surface area contributed by atoms with E-state index in [-0.39, 0.29) is 18.2 Å². The zero-order valence-corrected chi connectivity index (χ0v) is 8.33. The summed E-state index contributed by atoms with van der Waals surface area (Å²) in [5, 5.41) is 11.6. The maximum Gasteiger partial charge on any atom is 0.217 e. The summed E-state index contributed by atoms with van der Waals surface area (Å²) < 4.78 is 12.9. The molecule has 0 fully saturated rings. The van der Waals surface area contributed by atoms with Crippen LogP contribution in [0.15, 0.2) is 18.2 Å². The third-order valence-electron chi connectivity index (χ3n) is 1.98. The molecule has 1 aromatic rings. The van der Waals surface area contributed by atoms with E-state index < -0.39 is 11.9 Å². The molecule has 0 saturated carbocycles. The Morgan fingerprint density at radius 1 is 1.67 bits per heavy atom. The van der Waals surface area contributed by atoms with Crippen LogP contribution < -0.4 is 11.1 Å². The summed E-state index contributed by atoms with van der Waals surface area (Å²) in [5.41, 5.74) is 5.95. The van der Waals surface area contributed by atoms with Crippen molar-refractivity contribution in [2.75, 3.05) is 12.3 Å². The molecule has 0 unspecified atom stereocenters. The molecule has 1 amide bonds. The lowest BCUT2D eigenvalue weighted by Crippen LogP contribution is -2.28. The summed E-state index contributed by atoms with van der Waals surface area (Å²) in [7, 11) is 0. The van der Waals surface area contributed by atoms with E-state index in [2.05, 4.69) is 5.32 Å². The first-order valence-electron chi connectivity index (χ1n) is 4.47. The van der Waals surface area contributed by atoms with Gasteiger partial charge in [-0.15, -0.1) is 0 Å². The van der Waals surface area contributed by atoms with Gasteiger partial charge in [-0.25, -0.2) is 4.39 Å². The van der Waals surface area contributed by atoms with E-state index in [4.69, 9.17) is 10.8 Å². The highest BCUT2D eigenvalue weighted by molar-refractivity contribution is 5.73. The Morgan fingerprint density at radius 2 is 2.33 bits per heavy atom. The molecule has 0 bridgehead atoms. The van der Waals surface area contributed by atoms with Crippen molar-refractivity contribution in [1.82, 2.24) is 5.32 Å². The molecule has 0 aliphatic rings. The number of nitrogens with two attached hydrogens (primary N) is 1. The minimum absolute atomic E-state index is 0.00342. The van der Waals surface area contributed by atoms with Crippen molar-refractivity contribution in [3.63, 3.8) is 0 Å². The van der Waals surface area contributed by atoms with Gasteiger partial charge >= 0.3 is 0 Å². The largest absolute Gasteiger partial charge is 0.396 e. The molecule has 1 aromatic carbocycles. The Bertz CT molecular complexity index is 368. The normalized spacial score (nSPS) is 12.2. The molecule has 1 atom stereocenters. The van der Waals surface area contributed by atoms with Crippen LogP contribution in [-0.2, 0) is 4.79 Å². The zero-order valence-electron chi connectivity index (χ0n) is 8.33. The molecule has 5 heteroatoms. The Kier molecular flexibility index (Phi) is 3.62. The van der Waals surface area contributed by atoms with Gasteiger partial charge in [-0.3, -0.25) is 4.79 Å². The van der Waals surface area contributed by atoms with E-state index in [0.717, 1.165) is 0 Å². The van der Waals surface area contributed by atoms with Gasteiger partial charge in [0, 0.05) is 6.92 Å². The number of rotatable bonds is 3. The number of benzene rings is 1. The third-order valence-corrected chi connectivity index (χ3v) is 1.98. The van der Waals surface area contributed by atoms with Crippen molar-refractivity contribution in [3.8, 4) is 0 Å². The molecule has 82 valence electrons. The summed E-state index contributed by atoms with van der Waals surface area (Å²) in [6, 6.07) is 3.52. The first kappa shape index (κ1) is 11.5. The Morgan fingerprint density at radius 3 is 2.80 bits per heavy atom. The van der Waals surface area contributed by atoms with Crippen LogP contribution in [0.4, 0.5) is 10.1 Å². The summed E-state index contributed by atoms with van der Waals surface area (Å²) in [5.74, 6) is -0.782. The average molecular weight is 212 g/mol. The number of carbonyl (C=O) groups excluding carboxylic acids is 1. The van der Waals surface area contributed by atoms with Crippen molar-refractivity contribution in [2.45, 2.75) is 13.0 Å². The minimum atomic E-state index is -0.551. The zero-order chi connectivity index (χ0) is 11.4. The van der Waals surface area contributed by atoms with Gasteiger partial charge in [0.2, 0.25) is 5.91 Å². The number of anilines is 1. The summed E-state index contributed by atoms with van der Waals surface area (Å²) in [6.07, 6.45) is 0. The van der Waals surface area contributed by atoms with E-state index in [1.165, 1.54) is 25.1 Å². The lowest BCUT2D eigenvalue weighted by atomic mass is 10.1. The predicted octanol–water partition coefficient (Wildman–Crippen LogP) is 0.577. The average Bonchev–Trinajstić information content (AvgIpc) is 2.18. The fraction of sp³-hybridized carbons (Fsp3) is 0.300. The van der Waals surface area contributed by atoms with Crippen LogP contribution in [0.2, 0.25) is 0 Å². The standard InChI is InChI=1S/C10H13FN2O2/c1-6(15)13-10(5-14)7-2-3-8(11)9(12)4-7/h2-4,10,14H,5,12H2,1H3,(H,13,15)/t10-/m1/s1. The molecular formula is C10H13FN2O2. The SMILES string of the molecule is CC(=O)N[C@H](CO)c1ccc(F)c(N)c1. The predicted molar refractivity (Wildman–Crippen MR) is 54.5 cm³/mol. The number of aliphatic hydroxyl groups excluding tert-OH is 1. The van der Waals surface area contributed by atoms with Crippen LogP contribution >= 0.6 is 0 Å². The number of carbonyl (C=O) groups is 1. The van der Waals surface area contributed by atoms with Gasteiger partial charge < -0.3 is 16.2 Å². The number of nitrogen functional groups attached to an aromatic ring is 1. The highest BCUT2D eigenvalue weighted by Crippen LogP contribution is 2.18. The highest BCUT2D eigenvalue weighted by atomic mass is 19.1. The third kappa shape index (κ3) is 2.92. The maximum atomic E-state index is 12.9. The van der Waals surface area contributed by atoms with Crippen molar-refractivity contribution in [1.29, 1.82) is 0 Å². The van der Waals surface area contributed by atoms with Gasteiger partial charge in [-0.1, -0.05) is 6.07 Å². The van der Waals surface area contributed by atoms with Crippen LogP contribution in [0, 0.1) is 5.82 Å². The van der Waals surface area contributed by atoms with Crippen LogP contribution in [0.1, 0.15) is 18.5 Å². The van der Waals surface area contributed by atoms with Crippen LogP contribution in [0.5, 0.6) is 0 Å². The molecule has 0 aliphatic heterocycles. The molecule has 0 aliphatic carbocycles. The molecule has 4 nitrogen and oxygen atoms in total. The van der Waals surface area contributed by atoms with E-state index in [9.17, 15) is 9.18 Å². The van der Waals surface area contributed by atoms with E-state index in [0.29, 0.717) is 5.56 Å². The summed E-state index contributed by atoms with van der Waals surface area (Å²) in [4.78, 5) is 10.8. The fourth-order valence-electron chi connectivity index (χ4n) is 1.26.